The average molecular weight is 274 g/mol. The molecule has 102 valence electrons. The van der Waals surface area contributed by atoms with Gasteiger partial charge in [-0.25, -0.2) is 0 Å². The Morgan fingerprint density at radius 1 is 1.37 bits per heavy atom. The van der Waals surface area contributed by atoms with E-state index in [-0.39, 0.29) is 0 Å². The van der Waals surface area contributed by atoms with Gasteiger partial charge >= 0.3 is 0 Å². The quantitative estimate of drug-likeness (QED) is 0.919. The predicted octanol–water partition coefficient (Wildman–Crippen LogP) is 3.47. The molecule has 1 fully saturated rings. The highest BCUT2D eigenvalue weighted by molar-refractivity contribution is 8.00. The molecule has 0 spiro atoms. The van der Waals surface area contributed by atoms with Gasteiger partial charge in [0.1, 0.15) is 0 Å². The van der Waals surface area contributed by atoms with Gasteiger partial charge in [0.2, 0.25) is 0 Å². The van der Waals surface area contributed by atoms with Crippen LogP contribution in [0, 0.1) is 6.92 Å². The number of benzene rings is 1. The van der Waals surface area contributed by atoms with Crippen molar-refractivity contribution in [2.45, 2.75) is 31.6 Å². The summed E-state index contributed by atoms with van der Waals surface area (Å²) in [6, 6.07) is 8.68. The molecule has 2 nitrogen and oxygen atoms in total. The molecule has 0 radical (unpaired) electrons. The molecular weight excluding hydrogens is 252 g/mol. The van der Waals surface area contributed by atoms with Gasteiger partial charge in [0, 0.05) is 42.0 Å². The minimum atomic E-state index is 0.829. The summed E-state index contributed by atoms with van der Waals surface area (Å²) in [6.45, 7) is 4.36. The minimum absolute atomic E-state index is 0.829. The first kappa shape index (κ1) is 13.1. The molecule has 3 heteroatoms. The minimum Gasteiger partial charge on any atom is -0.346 e. The first-order valence-electron chi connectivity index (χ1n) is 7.12. The number of nitrogens with one attached hydrogen (secondary N) is 1. The Morgan fingerprint density at radius 3 is 2.95 bits per heavy atom. The molecule has 1 atom stereocenters. The first-order chi connectivity index (χ1) is 9.27. The summed E-state index contributed by atoms with van der Waals surface area (Å²) in [5.74, 6) is 1.35. The van der Waals surface area contributed by atoms with Crippen LogP contribution >= 0.6 is 11.8 Å². The van der Waals surface area contributed by atoms with Crippen LogP contribution in [0.2, 0.25) is 0 Å². The van der Waals surface area contributed by atoms with Gasteiger partial charge in [-0.15, -0.1) is 0 Å². The highest BCUT2D eigenvalue weighted by Gasteiger charge is 2.16. The van der Waals surface area contributed by atoms with E-state index in [0.29, 0.717) is 0 Å². The summed E-state index contributed by atoms with van der Waals surface area (Å²) >= 11 is 2.12. The lowest BCUT2D eigenvalue weighted by Gasteiger charge is -2.11. The Kier molecular flexibility index (Phi) is 3.85. The third kappa shape index (κ3) is 2.54. The van der Waals surface area contributed by atoms with Crippen LogP contribution in [0.4, 0.5) is 0 Å². The molecule has 1 N–H and O–H groups in total. The molecule has 2 aromatic rings. The number of fused-ring (bicyclic) bond motifs is 1. The molecule has 0 amide bonds. The van der Waals surface area contributed by atoms with Crippen molar-refractivity contribution in [1.29, 1.82) is 0 Å². The van der Waals surface area contributed by atoms with Gasteiger partial charge in [-0.2, -0.15) is 11.8 Å². The maximum atomic E-state index is 3.64. The lowest BCUT2D eigenvalue weighted by molar-refractivity contribution is 0.624. The molecule has 1 unspecified atom stereocenters. The number of hydrogen-bond donors (Lipinski definition) is 1. The maximum Gasteiger partial charge on any atom is 0.0483 e. The van der Waals surface area contributed by atoms with E-state index < -0.39 is 0 Å². The summed E-state index contributed by atoms with van der Waals surface area (Å²) in [7, 11) is 2.18. The number of thioether (sulfide) groups is 1. The fourth-order valence-electron chi connectivity index (χ4n) is 3.04. The van der Waals surface area contributed by atoms with Crippen molar-refractivity contribution in [3.63, 3.8) is 0 Å². The van der Waals surface area contributed by atoms with Gasteiger partial charge < -0.3 is 9.88 Å². The SMILES string of the molecule is Cc1c(CNCC2CCCS2)n(C)c2ccccc12. The number of nitrogens with zero attached hydrogens (tertiary/aromatic N) is 1. The Labute approximate surface area is 119 Å². The fraction of sp³-hybridized carbons (Fsp3) is 0.500. The van der Waals surface area contributed by atoms with Crippen molar-refractivity contribution in [3.8, 4) is 0 Å². The molecule has 2 heterocycles. The third-order valence-corrected chi connectivity index (χ3v) is 5.59. The van der Waals surface area contributed by atoms with Crippen molar-refractivity contribution in [1.82, 2.24) is 9.88 Å². The number of aryl methyl sites for hydroxylation is 2. The summed E-state index contributed by atoms with van der Waals surface area (Å²) in [5, 5.41) is 5.86. The van der Waals surface area contributed by atoms with E-state index in [4.69, 9.17) is 0 Å². The molecular formula is C16H22N2S. The van der Waals surface area contributed by atoms with Crippen molar-refractivity contribution in [2.75, 3.05) is 12.3 Å². The first-order valence-corrected chi connectivity index (χ1v) is 8.17. The zero-order valence-electron chi connectivity index (χ0n) is 11.8. The molecule has 0 saturated carbocycles. The van der Waals surface area contributed by atoms with Crippen molar-refractivity contribution >= 4 is 22.7 Å². The Morgan fingerprint density at radius 2 is 2.21 bits per heavy atom. The van der Waals surface area contributed by atoms with E-state index in [2.05, 4.69) is 59.9 Å². The van der Waals surface area contributed by atoms with Crippen LogP contribution in [0.25, 0.3) is 10.9 Å². The smallest absolute Gasteiger partial charge is 0.0483 e. The van der Waals surface area contributed by atoms with Crippen molar-refractivity contribution in [2.24, 2.45) is 7.05 Å². The number of hydrogen-bond acceptors (Lipinski definition) is 2. The number of para-hydroxylation sites is 1. The zero-order chi connectivity index (χ0) is 13.2. The molecule has 1 saturated heterocycles. The molecule has 1 aliphatic rings. The second-order valence-corrected chi connectivity index (χ2v) is 6.82. The molecule has 19 heavy (non-hydrogen) atoms. The van der Waals surface area contributed by atoms with Crippen LogP contribution in [0.15, 0.2) is 24.3 Å². The molecule has 1 aromatic heterocycles. The van der Waals surface area contributed by atoms with Crippen LogP contribution in [0.3, 0.4) is 0 Å². The normalized spacial score (nSPS) is 19.4. The Hall–Kier alpha value is -0.930. The third-order valence-electron chi connectivity index (χ3n) is 4.20. The summed E-state index contributed by atoms with van der Waals surface area (Å²) < 4.78 is 2.33. The van der Waals surface area contributed by atoms with E-state index in [9.17, 15) is 0 Å². The lowest BCUT2D eigenvalue weighted by atomic mass is 10.1. The Balaban J connectivity index is 1.73. The van der Waals surface area contributed by atoms with Gasteiger partial charge in [-0.3, -0.25) is 0 Å². The zero-order valence-corrected chi connectivity index (χ0v) is 12.6. The summed E-state index contributed by atoms with van der Waals surface area (Å²) in [5.41, 5.74) is 4.18. The largest absolute Gasteiger partial charge is 0.346 e. The fourth-order valence-corrected chi connectivity index (χ4v) is 4.28. The summed E-state index contributed by atoms with van der Waals surface area (Å²) in [6.07, 6.45) is 2.77. The van der Waals surface area contributed by atoms with Crippen LogP contribution in [-0.2, 0) is 13.6 Å². The lowest BCUT2D eigenvalue weighted by Crippen LogP contribution is -2.24. The van der Waals surface area contributed by atoms with Crippen LogP contribution < -0.4 is 5.32 Å². The van der Waals surface area contributed by atoms with Gasteiger partial charge in [0.05, 0.1) is 0 Å². The average Bonchev–Trinajstić information content (AvgIpc) is 3.02. The highest BCUT2D eigenvalue weighted by atomic mass is 32.2. The molecule has 1 aliphatic heterocycles. The van der Waals surface area contributed by atoms with E-state index in [1.165, 1.54) is 40.8 Å². The van der Waals surface area contributed by atoms with E-state index in [1.807, 2.05) is 0 Å². The highest BCUT2D eigenvalue weighted by Crippen LogP contribution is 2.26. The van der Waals surface area contributed by atoms with Crippen molar-refractivity contribution < 1.29 is 0 Å². The predicted molar refractivity (Wildman–Crippen MR) is 84.8 cm³/mol. The molecule has 0 aliphatic carbocycles. The van der Waals surface area contributed by atoms with Crippen LogP contribution in [0.5, 0.6) is 0 Å². The number of aromatic nitrogens is 1. The topological polar surface area (TPSA) is 17.0 Å². The molecule has 0 bridgehead atoms. The van der Waals surface area contributed by atoms with Gasteiger partial charge in [-0.05, 0) is 37.1 Å². The second kappa shape index (κ2) is 5.59. The van der Waals surface area contributed by atoms with E-state index >= 15 is 0 Å². The number of rotatable bonds is 4. The molecule has 3 rings (SSSR count). The van der Waals surface area contributed by atoms with Crippen molar-refractivity contribution in [3.05, 3.63) is 35.5 Å². The van der Waals surface area contributed by atoms with Gasteiger partial charge in [-0.1, -0.05) is 18.2 Å². The van der Waals surface area contributed by atoms with Gasteiger partial charge in [0.15, 0.2) is 0 Å². The maximum absolute atomic E-state index is 3.64. The van der Waals surface area contributed by atoms with Crippen LogP contribution in [-0.4, -0.2) is 22.1 Å². The van der Waals surface area contributed by atoms with Gasteiger partial charge in [0.25, 0.3) is 0 Å². The van der Waals surface area contributed by atoms with E-state index in [0.717, 1.165) is 18.3 Å². The molecule has 1 aromatic carbocycles. The van der Waals surface area contributed by atoms with E-state index in [1.54, 1.807) is 0 Å². The van der Waals surface area contributed by atoms with Crippen LogP contribution in [0.1, 0.15) is 24.1 Å². The Bertz CT molecular complexity index is 528. The summed E-state index contributed by atoms with van der Waals surface area (Å²) in [4.78, 5) is 0. The standard InChI is InChI=1S/C16H22N2S/c1-12-14-7-3-4-8-15(14)18(2)16(12)11-17-10-13-6-5-9-19-13/h3-4,7-8,13,17H,5-6,9-11H2,1-2H3. The second-order valence-electron chi connectivity index (χ2n) is 5.41. The monoisotopic (exact) mass is 274 g/mol.